The second-order valence-electron chi connectivity index (χ2n) is 6.29. The van der Waals surface area contributed by atoms with Crippen molar-refractivity contribution in [1.82, 2.24) is 9.71 Å². The van der Waals surface area contributed by atoms with Gasteiger partial charge in [0.25, 0.3) is 5.56 Å². The summed E-state index contributed by atoms with van der Waals surface area (Å²) in [5, 5.41) is 0.131. The van der Waals surface area contributed by atoms with E-state index < -0.39 is 17.3 Å². The molecular formula is C22H14ClFN2O4. The van der Waals surface area contributed by atoms with Crippen LogP contribution in [0.1, 0.15) is 10.4 Å². The zero-order valence-electron chi connectivity index (χ0n) is 15.6. The molecule has 8 heteroatoms. The third kappa shape index (κ3) is 3.62. The van der Waals surface area contributed by atoms with Crippen molar-refractivity contribution < 1.29 is 18.8 Å². The fourth-order valence-corrected chi connectivity index (χ4v) is 3.18. The molecule has 6 nitrogen and oxygen atoms in total. The molecular weight excluding hydrogens is 411 g/mol. The number of ether oxygens (including phenoxy) is 1. The molecule has 0 atom stereocenters. The summed E-state index contributed by atoms with van der Waals surface area (Å²) < 4.78 is 19.4. The second-order valence-corrected chi connectivity index (χ2v) is 6.69. The average molecular weight is 425 g/mol. The van der Waals surface area contributed by atoms with Crippen molar-refractivity contribution in [2.24, 2.45) is 0 Å². The summed E-state index contributed by atoms with van der Waals surface area (Å²) >= 11 is 5.96. The Morgan fingerprint density at radius 3 is 2.63 bits per heavy atom. The van der Waals surface area contributed by atoms with Crippen molar-refractivity contribution in [3.8, 4) is 17.1 Å². The Morgan fingerprint density at radius 1 is 1.07 bits per heavy atom. The highest BCUT2D eigenvalue weighted by Gasteiger charge is 2.20. The van der Waals surface area contributed by atoms with Gasteiger partial charge < -0.3 is 9.57 Å². The number of hydrogen-bond donors (Lipinski definition) is 0. The van der Waals surface area contributed by atoms with Crippen LogP contribution in [0.5, 0.6) is 5.75 Å². The SMILES string of the molecule is COc1cccc(-c2nc3ccccc3c(=O)n2OC(=O)c2ccc(F)cc2Cl)c1. The third-order valence-electron chi connectivity index (χ3n) is 4.39. The van der Waals surface area contributed by atoms with Crippen molar-refractivity contribution in [2.75, 3.05) is 7.11 Å². The number of carbonyl (C=O) groups is 1. The first-order valence-corrected chi connectivity index (χ1v) is 9.19. The Morgan fingerprint density at radius 2 is 1.87 bits per heavy atom. The predicted molar refractivity (Wildman–Crippen MR) is 110 cm³/mol. The van der Waals surface area contributed by atoms with Gasteiger partial charge in [-0.25, -0.2) is 14.2 Å². The second kappa shape index (κ2) is 7.96. The van der Waals surface area contributed by atoms with Gasteiger partial charge >= 0.3 is 5.97 Å². The smallest absolute Gasteiger partial charge is 0.365 e. The van der Waals surface area contributed by atoms with E-state index in [9.17, 15) is 14.0 Å². The number of carbonyl (C=O) groups excluding carboxylic acids is 1. The summed E-state index contributed by atoms with van der Waals surface area (Å²) in [7, 11) is 1.51. The summed E-state index contributed by atoms with van der Waals surface area (Å²) in [6, 6.07) is 16.8. The van der Waals surface area contributed by atoms with Gasteiger partial charge in [-0.2, -0.15) is 0 Å². The van der Waals surface area contributed by atoms with Crippen molar-refractivity contribution in [3.63, 3.8) is 0 Å². The van der Waals surface area contributed by atoms with Gasteiger partial charge in [-0.3, -0.25) is 4.79 Å². The summed E-state index contributed by atoms with van der Waals surface area (Å²) in [6.45, 7) is 0. The van der Waals surface area contributed by atoms with Crippen molar-refractivity contribution in [2.45, 2.75) is 0 Å². The molecule has 0 N–H and O–H groups in total. The highest BCUT2D eigenvalue weighted by Crippen LogP contribution is 2.23. The minimum atomic E-state index is -0.927. The Bertz CT molecular complexity index is 1340. The number of methoxy groups -OCH3 is 1. The monoisotopic (exact) mass is 424 g/mol. The topological polar surface area (TPSA) is 70.4 Å². The standard InChI is InChI=1S/C22H14ClFN2O4/c1-29-15-6-4-5-13(11-15)20-25-19-8-3-2-7-17(19)21(27)26(20)30-22(28)16-10-9-14(24)12-18(16)23/h2-12H,1H3. The molecule has 4 rings (SSSR count). The van der Waals surface area contributed by atoms with E-state index in [0.717, 1.165) is 16.9 Å². The Hall–Kier alpha value is -3.71. The van der Waals surface area contributed by atoms with Gasteiger partial charge in [0.05, 0.1) is 28.6 Å². The highest BCUT2D eigenvalue weighted by molar-refractivity contribution is 6.33. The molecule has 1 aromatic heterocycles. The van der Waals surface area contributed by atoms with Crippen LogP contribution in [-0.4, -0.2) is 22.8 Å². The highest BCUT2D eigenvalue weighted by atomic mass is 35.5. The van der Waals surface area contributed by atoms with E-state index in [1.807, 2.05) is 0 Å². The van der Waals surface area contributed by atoms with Gasteiger partial charge in [0.1, 0.15) is 11.6 Å². The van der Waals surface area contributed by atoms with E-state index in [1.165, 1.54) is 13.2 Å². The average Bonchev–Trinajstić information content (AvgIpc) is 2.75. The van der Waals surface area contributed by atoms with Crippen molar-refractivity contribution in [1.29, 1.82) is 0 Å². The van der Waals surface area contributed by atoms with Crippen LogP contribution in [0.3, 0.4) is 0 Å². The fourth-order valence-electron chi connectivity index (χ4n) is 2.93. The molecule has 150 valence electrons. The number of rotatable bonds is 4. The number of nitrogens with zero attached hydrogens (tertiary/aromatic N) is 2. The number of halogens is 2. The Kier molecular flexibility index (Phi) is 5.20. The minimum absolute atomic E-state index is 0.0882. The Labute approximate surface area is 175 Å². The maximum Gasteiger partial charge on any atom is 0.365 e. The van der Waals surface area contributed by atoms with Crippen LogP contribution >= 0.6 is 11.6 Å². The van der Waals surface area contributed by atoms with Gasteiger partial charge in [0.2, 0.25) is 0 Å². The van der Waals surface area contributed by atoms with Crippen molar-refractivity contribution >= 4 is 28.5 Å². The zero-order chi connectivity index (χ0) is 21.3. The molecule has 3 aromatic carbocycles. The maximum atomic E-state index is 13.3. The quantitative estimate of drug-likeness (QED) is 0.492. The first-order chi connectivity index (χ1) is 14.5. The van der Waals surface area contributed by atoms with Crippen LogP contribution in [0.4, 0.5) is 4.39 Å². The summed E-state index contributed by atoms with van der Waals surface area (Å²) in [4.78, 5) is 35.7. The molecule has 0 aliphatic carbocycles. The predicted octanol–water partition coefficient (Wildman–Crippen LogP) is 4.13. The molecule has 0 aliphatic heterocycles. The van der Waals surface area contributed by atoms with E-state index in [0.29, 0.717) is 16.8 Å². The molecule has 0 bridgehead atoms. The van der Waals surface area contributed by atoms with Gasteiger partial charge in [-0.15, -0.1) is 4.73 Å². The molecule has 0 radical (unpaired) electrons. The normalized spacial score (nSPS) is 10.8. The lowest BCUT2D eigenvalue weighted by Crippen LogP contribution is -2.33. The van der Waals surface area contributed by atoms with Crippen LogP contribution in [0.2, 0.25) is 5.02 Å². The van der Waals surface area contributed by atoms with Crippen LogP contribution in [0, 0.1) is 5.82 Å². The summed E-state index contributed by atoms with van der Waals surface area (Å²) in [5.41, 5.74) is 0.266. The van der Waals surface area contributed by atoms with E-state index in [-0.39, 0.29) is 21.8 Å². The van der Waals surface area contributed by atoms with Crippen molar-refractivity contribution in [3.05, 3.63) is 93.5 Å². The van der Waals surface area contributed by atoms with Crippen LogP contribution in [-0.2, 0) is 0 Å². The molecule has 0 spiro atoms. The molecule has 0 saturated heterocycles. The molecule has 0 fully saturated rings. The van der Waals surface area contributed by atoms with E-state index >= 15 is 0 Å². The first-order valence-electron chi connectivity index (χ1n) is 8.82. The summed E-state index contributed by atoms with van der Waals surface area (Å²) in [6.07, 6.45) is 0. The van der Waals surface area contributed by atoms with E-state index in [1.54, 1.807) is 48.5 Å². The number of fused-ring (bicyclic) bond motifs is 1. The first kappa shape index (κ1) is 19.6. The molecule has 4 aromatic rings. The lowest BCUT2D eigenvalue weighted by atomic mass is 10.2. The number of aromatic nitrogens is 2. The minimum Gasteiger partial charge on any atom is -0.497 e. The zero-order valence-corrected chi connectivity index (χ0v) is 16.4. The van der Waals surface area contributed by atoms with E-state index in [2.05, 4.69) is 4.98 Å². The molecule has 1 heterocycles. The number of para-hydroxylation sites is 1. The number of benzene rings is 3. The Balaban J connectivity index is 1.89. The fraction of sp³-hybridized carbons (Fsp3) is 0.0455. The largest absolute Gasteiger partial charge is 0.497 e. The lowest BCUT2D eigenvalue weighted by molar-refractivity contribution is 0.0450. The van der Waals surface area contributed by atoms with E-state index in [4.69, 9.17) is 21.2 Å². The summed E-state index contributed by atoms with van der Waals surface area (Å²) in [5.74, 6) is -0.889. The molecule has 0 saturated carbocycles. The molecule has 0 amide bonds. The van der Waals surface area contributed by atoms with Crippen LogP contribution in [0.25, 0.3) is 22.3 Å². The molecule has 0 unspecified atom stereocenters. The van der Waals surface area contributed by atoms with Crippen LogP contribution < -0.4 is 15.1 Å². The van der Waals surface area contributed by atoms with Gasteiger partial charge in [-0.1, -0.05) is 35.9 Å². The number of hydrogen-bond acceptors (Lipinski definition) is 5. The molecule has 0 aliphatic rings. The van der Waals surface area contributed by atoms with Gasteiger partial charge in [-0.05, 0) is 42.5 Å². The maximum absolute atomic E-state index is 13.3. The van der Waals surface area contributed by atoms with Crippen LogP contribution in [0.15, 0.2) is 71.5 Å². The lowest BCUT2D eigenvalue weighted by Gasteiger charge is -2.14. The molecule has 30 heavy (non-hydrogen) atoms. The van der Waals surface area contributed by atoms with Gasteiger partial charge in [0, 0.05) is 5.56 Å². The third-order valence-corrected chi connectivity index (χ3v) is 4.70. The van der Waals surface area contributed by atoms with Gasteiger partial charge in [0.15, 0.2) is 5.82 Å².